The van der Waals surface area contributed by atoms with E-state index in [9.17, 15) is 9.59 Å². The number of rotatable bonds is 5. The molecule has 1 fully saturated rings. The van der Waals surface area contributed by atoms with Crippen LogP contribution in [0.1, 0.15) is 33.1 Å². The average Bonchev–Trinajstić information content (AvgIpc) is 2.32. The van der Waals surface area contributed by atoms with Crippen molar-refractivity contribution in [1.82, 2.24) is 4.90 Å². The van der Waals surface area contributed by atoms with Crippen LogP contribution in [0, 0.1) is 0 Å². The van der Waals surface area contributed by atoms with Gasteiger partial charge in [-0.25, -0.2) is 0 Å². The minimum atomic E-state index is -0.799. The predicted octanol–water partition coefficient (Wildman–Crippen LogP) is 1.64. The number of likely N-dealkylation sites (N-methyl/N-ethyl adjacent to an activating group) is 1. The van der Waals surface area contributed by atoms with E-state index in [1.165, 1.54) is 0 Å². The summed E-state index contributed by atoms with van der Waals surface area (Å²) in [6.45, 7) is 4.30. The van der Waals surface area contributed by atoms with E-state index in [-0.39, 0.29) is 30.8 Å². The second kappa shape index (κ2) is 7.99. The lowest BCUT2D eigenvalue weighted by atomic mass is 9.69. The Balaban J connectivity index is 2.71. The quantitative estimate of drug-likeness (QED) is 0.560. The van der Waals surface area contributed by atoms with Gasteiger partial charge in [-0.2, -0.15) is 0 Å². The lowest BCUT2D eigenvalue weighted by Crippen LogP contribution is -2.44. The summed E-state index contributed by atoms with van der Waals surface area (Å²) >= 11 is 0. The van der Waals surface area contributed by atoms with Crippen LogP contribution in [0.3, 0.4) is 0 Å². The van der Waals surface area contributed by atoms with Gasteiger partial charge in [-0.3, -0.25) is 14.5 Å². The molecule has 0 radical (unpaired) electrons. The van der Waals surface area contributed by atoms with Gasteiger partial charge in [0.1, 0.15) is 0 Å². The third-order valence-corrected chi connectivity index (χ3v) is 2.95. The number of hydrogen-bond donors (Lipinski definition) is 0. The highest BCUT2D eigenvalue weighted by atomic mass is 16.6. The summed E-state index contributed by atoms with van der Waals surface area (Å²) in [4.78, 5) is 24.8. The molecule has 0 saturated carbocycles. The van der Waals surface area contributed by atoms with Crippen LogP contribution in [0.15, 0.2) is 12.2 Å². The minimum absolute atomic E-state index is 0.0807. The van der Waals surface area contributed by atoms with Crippen LogP contribution in [0.25, 0.3) is 0 Å². The number of hydrogen-bond acceptors (Lipinski definition) is 5. The first-order valence-electron chi connectivity index (χ1n) is 6.81. The molecule has 0 bridgehead atoms. The largest absolute Gasteiger partial charge is 0.605 e. The first-order chi connectivity index (χ1) is 9.06. The molecule has 19 heavy (non-hydrogen) atoms. The first kappa shape index (κ1) is 15.8. The van der Waals surface area contributed by atoms with Crippen LogP contribution < -0.4 is 0 Å². The molecule has 1 unspecified atom stereocenters. The zero-order valence-electron chi connectivity index (χ0n) is 11.9. The molecule has 0 aromatic rings. The van der Waals surface area contributed by atoms with Crippen molar-refractivity contribution in [1.29, 1.82) is 0 Å². The van der Waals surface area contributed by atoms with Gasteiger partial charge in [0.2, 0.25) is 0 Å². The molecule has 0 amide bonds. The molecule has 106 valence electrons. The molecule has 1 aliphatic rings. The van der Waals surface area contributed by atoms with Crippen LogP contribution in [0.4, 0.5) is 0 Å². The summed E-state index contributed by atoms with van der Waals surface area (Å²) < 4.78 is 10.5. The highest BCUT2D eigenvalue weighted by molar-refractivity contribution is 6.51. The fraction of sp³-hybridized carbons (Fsp3) is 0.692. The van der Waals surface area contributed by atoms with Gasteiger partial charge in [0.15, 0.2) is 0 Å². The van der Waals surface area contributed by atoms with Crippen LogP contribution in [-0.4, -0.2) is 44.1 Å². The Morgan fingerprint density at radius 2 is 1.84 bits per heavy atom. The van der Waals surface area contributed by atoms with Gasteiger partial charge < -0.3 is 9.31 Å². The van der Waals surface area contributed by atoms with Crippen molar-refractivity contribution in [2.24, 2.45) is 0 Å². The molecule has 0 aromatic heterocycles. The van der Waals surface area contributed by atoms with E-state index in [2.05, 4.69) is 6.92 Å². The summed E-state index contributed by atoms with van der Waals surface area (Å²) in [7, 11) is 0.883. The standard InChI is InChI=1S/C13H22BNO4/c1-4-6-7-8-11(5-2)14-18-12(16)9-15(3)10-13(17)19-14/h7-8,11H,4-6,9-10H2,1-3H3/b8-7+. The number of carbonyl (C=O) groups is 2. The number of nitrogens with zero attached hydrogens (tertiary/aromatic N) is 1. The van der Waals surface area contributed by atoms with Gasteiger partial charge in [0, 0.05) is 5.82 Å². The van der Waals surface area contributed by atoms with Crippen molar-refractivity contribution in [3.63, 3.8) is 0 Å². The van der Waals surface area contributed by atoms with E-state index in [0.29, 0.717) is 0 Å². The van der Waals surface area contributed by atoms with Crippen LogP contribution >= 0.6 is 0 Å². The number of carbonyl (C=O) groups excluding carboxylic acids is 2. The van der Waals surface area contributed by atoms with E-state index < -0.39 is 7.12 Å². The second-order valence-electron chi connectivity index (χ2n) is 4.81. The summed E-state index contributed by atoms with van der Waals surface area (Å²) in [5.41, 5.74) is 0. The predicted molar refractivity (Wildman–Crippen MR) is 73.5 cm³/mol. The van der Waals surface area contributed by atoms with Crippen molar-refractivity contribution in [3.05, 3.63) is 12.2 Å². The monoisotopic (exact) mass is 267 g/mol. The van der Waals surface area contributed by atoms with E-state index in [4.69, 9.17) is 9.31 Å². The maximum absolute atomic E-state index is 11.6. The fourth-order valence-electron chi connectivity index (χ4n) is 1.89. The Labute approximate surface area is 115 Å². The maximum Gasteiger partial charge on any atom is 0.605 e. The molecule has 0 aromatic carbocycles. The molecule has 1 heterocycles. The molecular weight excluding hydrogens is 245 g/mol. The first-order valence-corrected chi connectivity index (χ1v) is 6.81. The van der Waals surface area contributed by atoms with Crippen LogP contribution in [0.5, 0.6) is 0 Å². The Morgan fingerprint density at radius 1 is 1.26 bits per heavy atom. The van der Waals surface area contributed by atoms with Gasteiger partial charge in [-0.05, 0) is 19.9 Å². The molecule has 0 N–H and O–H groups in total. The maximum atomic E-state index is 11.6. The van der Waals surface area contributed by atoms with Gasteiger partial charge in [-0.15, -0.1) is 0 Å². The SMILES string of the molecule is CCC/C=C/C(CC)B1OC(=O)CN(C)CC(=O)O1. The van der Waals surface area contributed by atoms with Crippen molar-refractivity contribution < 1.29 is 18.9 Å². The Kier molecular flexibility index (Phi) is 6.63. The molecule has 5 nitrogen and oxygen atoms in total. The third-order valence-electron chi connectivity index (χ3n) is 2.95. The van der Waals surface area contributed by atoms with E-state index in [1.807, 2.05) is 19.1 Å². The molecule has 0 aliphatic carbocycles. The number of allylic oxidation sites excluding steroid dienone is 2. The van der Waals surface area contributed by atoms with Crippen LogP contribution in [-0.2, 0) is 18.9 Å². The summed E-state index contributed by atoms with van der Waals surface area (Å²) in [5.74, 6) is -0.799. The zero-order valence-corrected chi connectivity index (χ0v) is 11.9. The van der Waals surface area contributed by atoms with Gasteiger partial charge in [0.05, 0.1) is 13.1 Å². The van der Waals surface area contributed by atoms with Crippen molar-refractivity contribution in [2.45, 2.75) is 38.9 Å². The molecule has 1 aliphatic heterocycles. The Bertz CT molecular complexity index is 326. The molecule has 6 heteroatoms. The highest BCUT2D eigenvalue weighted by Crippen LogP contribution is 2.21. The van der Waals surface area contributed by atoms with Crippen molar-refractivity contribution in [2.75, 3.05) is 20.1 Å². The molecule has 1 atom stereocenters. The lowest BCUT2D eigenvalue weighted by Gasteiger charge is -2.25. The topological polar surface area (TPSA) is 55.8 Å². The highest BCUT2D eigenvalue weighted by Gasteiger charge is 2.37. The second-order valence-corrected chi connectivity index (χ2v) is 4.81. The van der Waals surface area contributed by atoms with Crippen LogP contribution in [0.2, 0.25) is 5.82 Å². The van der Waals surface area contributed by atoms with Crippen molar-refractivity contribution >= 4 is 19.1 Å². The lowest BCUT2D eigenvalue weighted by molar-refractivity contribution is -0.145. The molecule has 1 saturated heterocycles. The summed E-state index contributed by atoms with van der Waals surface area (Å²) in [6.07, 6.45) is 6.79. The normalized spacial score (nSPS) is 19.8. The minimum Gasteiger partial charge on any atom is -0.498 e. The fourth-order valence-corrected chi connectivity index (χ4v) is 1.89. The number of unbranched alkanes of at least 4 members (excludes halogenated alkanes) is 1. The van der Waals surface area contributed by atoms with E-state index in [1.54, 1.807) is 11.9 Å². The smallest absolute Gasteiger partial charge is 0.498 e. The van der Waals surface area contributed by atoms with E-state index in [0.717, 1.165) is 19.3 Å². The van der Waals surface area contributed by atoms with Gasteiger partial charge >= 0.3 is 19.1 Å². The average molecular weight is 267 g/mol. The Hall–Kier alpha value is -1.30. The summed E-state index contributed by atoms with van der Waals surface area (Å²) in [5, 5.41) is 0. The van der Waals surface area contributed by atoms with E-state index >= 15 is 0 Å². The zero-order chi connectivity index (χ0) is 14.3. The molecule has 1 rings (SSSR count). The molecule has 0 spiro atoms. The Morgan fingerprint density at radius 3 is 2.32 bits per heavy atom. The molecular formula is C13H22BNO4. The van der Waals surface area contributed by atoms with Crippen molar-refractivity contribution in [3.8, 4) is 0 Å². The van der Waals surface area contributed by atoms with Gasteiger partial charge in [0.25, 0.3) is 0 Å². The third kappa shape index (κ3) is 5.47. The summed E-state index contributed by atoms with van der Waals surface area (Å²) in [6, 6.07) is 0. The van der Waals surface area contributed by atoms with Gasteiger partial charge in [-0.1, -0.05) is 32.4 Å².